The molecular formula is C33H42N6O6. The van der Waals surface area contributed by atoms with Gasteiger partial charge in [0.25, 0.3) is 0 Å². The fraction of sp³-hybridized carbons (Fsp3) is 0.515. The molecule has 12 nitrogen and oxygen atoms in total. The van der Waals surface area contributed by atoms with Crippen molar-refractivity contribution < 1.29 is 28.4 Å². The van der Waals surface area contributed by atoms with Crippen LogP contribution < -0.4 is 29.6 Å². The van der Waals surface area contributed by atoms with E-state index in [4.69, 9.17) is 28.4 Å². The Hall–Kier alpha value is -4.16. The van der Waals surface area contributed by atoms with Gasteiger partial charge < -0.3 is 39.1 Å². The molecule has 240 valence electrons. The first-order valence-electron chi connectivity index (χ1n) is 15.5. The normalized spacial score (nSPS) is 22.5. The van der Waals surface area contributed by atoms with Gasteiger partial charge in [-0.1, -0.05) is 6.92 Å². The Balaban J connectivity index is 0.000000159. The molecule has 2 aromatic carbocycles. The SMILES string of the molecule is CCC1(Nc2ncnc3c(OC)c(OC)ccc23)CCOC1.COc1ccc2c(NC3CCOC3C3CC3)ncnc2c1OC. The Bertz CT molecular complexity index is 1630. The number of hydrogen-bond acceptors (Lipinski definition) is 12. The maximum atomic E-state index is 5.90. The summed E-state index contributed by atoms with van der Waals surface area (Å²) in [6, 6.07) is 8.01. The molecule has 3 atom stereocenters. The molecule has 0 amide bonds. The van der Waals surface area contributed by atoms with E-state index in [0.717, 1.165) is 65.9 Å². The molecule has 0 spiro atoms. The highest BCUT2D eigenvalue weighted by molar-refractivity contribution is 5.95. The van der Waals surface area contributed by atoms with Gasteiger partial charge >= 0.3 is 0 Å². The highest BCUT2D eigenvalue weighted by Crippen LogP contribution is 2.41. The Labute approximate surface area is 263 Å². The lowest BCUT2D eigenvalue weighted by Crippen LogP contribution is -2.38. The van der Waals surface area contributed by atoms with Gasteiger partial charge in [-0.25, -0.2) is 19.9 Å². The number of rotatable bonds is 10. The third-order valence-corrected chi connectivity index (χ3v) is 9.00. The second-order valence-electron chi connectivity index (χ2n) is 11.6. The minimum atomic E-state index is -0.0611. The van der Waals surface area contributed by atoms with E-state index >= 15 is 0 Å². The lowest BCUT2D eigenvalue weighted by Gasteiger charge is -2.28. The van der Waals surface area contributed by atoms with Crippen LogP contribution in [0.25, 0.3) is 21.8 Å². The summed E-state index contributed by atoms with van der Waals surface area (Å²) in [4.78, 5) is 17.6. The fourth-order valence-corrected chi connectivity index (χ4v) is 6.26. The van der Waals surface area contributed by atoms with Crippen molar-refractivity contribution in [3.63, 3.8) is 0 Å². The van der Waals surface area contributed by atoms with Gasteiger partial charge in [-0.2, -0.15) is 0 Å². The van der Waals surface area contributed by atoms with Gasteiger partial charge in [-0.3, -0.25) is 0 Å². The van der Waals surface area contributed by atoms with E-state index in [2.05, 4.69) is 37.5 Å². The summed E-state index contributed by atoms with van der Waals surface area (Å²) in [6.07, 6.45) is 8.94. The fourth-order valence-electron chi connectivity index (χ4n) is 6.26. The van der Waals surface area contributed by atoms with Crippen LogP contribution in [0.15, 0.2) is 36.9 Å². The highest BCUT2D eigenvalue weighted by atomic mass is 16.5. The Morgan fingerprint density at radius 1 is 0.778 bits per heavy atom. The van der Waals surface area contributed by atoms with Crippen molar-refractivity contribution in [3.8, 4) is 23.0 Å². The van der Waals surface area contributed by atoms with Crippen LogP contribution >= 0.6 is 0 Å². The van der Waals surface area contributed by atoms with Crippen LogP contribution in [0.1, 0.15) is 39.0 Å². The zero-order chi connectivity index (χ0) is 31.4. The van der Waals surface area contributed by atoms with Gasteiger partial charge in [0, 0.05) is 24.0 Å². The van der Waals surface area contributed by atoms with Crippen LogP contribution in [0.4, 0.5) is 11.6 Å². The highest BCUT2D eigenvalue weighted by Gasteiger charge is 2.41. The number of hydrogen-bond donors (Lipinski definition) is 2. The van der Waals surface area contributed by atoms with Crippen LogP contribution in [0.2, 0.25) is 0 Å². The van der Waals surface area contributed by atoms with E-state index in [-0.39, 0.29) is 5.54 Å². The smallest absolute Gasteiger partial charge is 0.187 e. The predicted molar refractivity (Wildman–Crippen MR) is 172 cm³/mol. The molecule has 2 aliphatic heterocycles. The molecule has 1 aliphatic carbocycles. The average Bonchev–Trinajstić information content (AvgIpc) is 3.64. The first kappa shape index (κ1) is 30.8. The summed E-state index contributed by atoms with van der Waals surface area (Å²) < 4.78 is 33.1. The van der Waals surface area contributed by atoms with Crippen molar-refractivity contribution in [3.05, 3.63) is 36.9 Å². The van der Waals surface area contributed by atoms with Gasteiger partial charge in [0.05, 0.1) is 52.7 Å². The molecule has 2 saturated heterocycles. The lowest BCUT2D eigenvalue weighted by molar-refractivity contribution is 0.0898. The van der Waals surface area contributed by atoms with Gasteiger partial charge in [0.15, 0.2) is 23.0 Å². The zero-order valence-electron chi connectivity index (χ0n) is 26.6. The molecule has 12 heteroatoms. The summed E-state index contributed by atoms with van der Waals surface area (Å²) in [5.41, 5.74) is 1.44. The van der Waals surface area contributed by atoms with E-state index in [1.807, 2.05) is 24.3 Å². The quantitative estimate of drug-likeness (QED) is 0.241. The van der Waals surface area contributed by atoms with Crippen molar-refractivity contribution in [2.75, 3.05) is 58.9 Å². The standard InChI is InChI=1S/C17H21N3O3.C16H21N3O3/c1-21-13-6-5-11-14(16(13)22-2)18-9-19-17(11)20-12-7-8-23-15(12)10-3-4-10;1-4-16(7-8-22-9-16)19-15-11-5-6-12(20-2)14(21-3)13(11)17-10-18-15/h5-6,9-10,12,15H,3-4,7-8H2,1-2H3,(H,18,19,20);5-6,10H,4,7-9H2,1-3H3,(H,17,18,19). The number of aromatic nitrogens is 4. The number of nitrogens with one attached hydrogen (secondary N) is 2. The summed E-state index contributed by atoms with van der Waals surface area (Å²) >= 11 is 0. The van der Waals surface area contributed by atoms with Crippen molar-refractivity contribution in [2.24, 2.45) is 5.92 Å². The van der Waals surface area contributed by atoms with E-state index in [0.29, 0.717) is 47.7 Å². The largest absolute Gasteiger partial charge is 0.493 e. The second-order valence-corrected chi connectivity index (χ2v) is 11.6. The topological polar surface area (TPSA) is 131 Å². The second kappa shape index (κ2) is 13.5. The minimum Gasteiger partial charge on any atom is -0.493 e. The molecule has 2 aromatic heterocycles. The number of ether oxygens (including phenoxy) is 6. The van der Waals surface area contributed by atoms with E-state index in [1.165, 1.54) is 12.8 Å². The molecule has 0 radical (unpaired) electrons. The van der Waals surface area contributed by atoms with Crippen molar-refractivity contribution in [1.82, 2.24) is 19.9 Å². The van der Waals surface area contributed by atoms with Crippen molar-refractivity contribution >= 4 is 33.4 Å². The summed E-state index contributed by atoms with van der Waals surface area (Å²) in [6.45, 7) is 4.46. The first-order chi connectivity index (χ1) is 22.0. The predicted octanol–water partition coefficient (Wildman–Crippen LogP) is 5.25. The van der Waals surface area contributed by atoms with Crippen LogP contribution in [-0.4, -0.2) is 85.9 Å². The van der Waals surface area contributed by atoms with Gasteiger partial charge in [0.2, 0.25) is 0 Å². The third-order valence-electron chi connectivity index (χ3n) is 9.00. The maximum absolute atomic E-state index is 5.90. The van der Waals surface area contributed by atoms with E-state index in [9.17, 15) is 0 Å². The van der Waals surface area contributed by atoms with E-state index in [1.54, 1.807) is 41.1 Å². The molecule has 2 N–H and O–H groups in total. The maximum Gasteiger partial charge on any atom is 0.187 e. The Morgan fingerprint density at radius 3 is 1.93 bits per heavy atom. The molecule has 1 saturated carbocycles. The van der Waals surface area contributed by atoms with Crippen LogP contribution in [0.3, 0.4) is 0 Å². The first-order valence-corrected chi connectivity index (χ1v) is 15.5. The van der Waals surface area contributed by atoms with Gasteiger partial charge in [-0.15, -0.1) is 0 Å². The monoisotopic (exact) mass is 618 g/mol. The third kappa shape index (κ3) is 6.21. The van der Waals surface area contributed by atoms with Crippen LogP contribution in [-0.2, 0) is 9.47 Å². The number of fused-ring (bicyclic) bond motifs is 2. The van der Waals surface area contributed by atoms with Gasteiger partial charge in [-0.05, 0) is 62.3 Å². The molecule has 7 rings (SSSR count). The van der Waals surface area contributed by atoms with Crippen LogP contribution in [0.5, 0.6) is 23.0 Å². The molecule has 45 heavy (non-hydrogen) atoms. The zero-order valence-corrected chi connectivity index (χ0v) is 26.6. The lowest BCUT2D eigenvalue weighted by atomic mass is 9.95. The molecule has 3 unspecified atom stereocenters. The number of nitrogens with zero attached hydrogens (tertiary/aromatic N) is 4. The minimum absolute atomic E-state index is 0.0611. The Morgan fingerprint density at radius 2 is 1.40 bits per heavy atom. The Kier molecular flexibility index (Phi) is 9.22. The van der Waals surface area contributed by atoms with E-state index < -0.39 is 0 Å². The van der Waals surface area contributed by atoms with Gasteiger partial charge in [0.1, 0.15) is 35.3 Å². The molecule has 3 fully saturated rings. The molecule has 4 heterocycles. The molecule has 3 aliphatic rings. The number of benzene rings is 2. The molecule has 4 aromatic rings. The average molecular weight is 619 g/mol. The number of methoxy groups -OCH3 is 4. The number of anilines is 2. The summed E-state index contributed by atoms with van der Waals surface area (Å²) in [5, 5.41) is 8.99. The van der Waals surface area contributed by atoms with Crippen LogP contribution in [0, 0.1) is 5.92 Å². The van der Waals surface area contributed by atoms with Crippen molar-refractivity contribution in [2.45, 2.75) is 56.7 Å². The van der Waals surface area contributed by atoms with Crippen molar-refractivity contribution in [1.29, 1.82) is 0 Å². The summed E-state index contributed by atoms with van der Waals surface area (Å²) in [5.74, 6) is 4.93. The summed E-state index contributed by atoms with van der Waals surface area (Å²) in [7, 11) is 6.48. The molecule has 0 bridgehead atoms. The molecular weight excluding hydrogens is 576 g/mol.